The van der Waals surface area contributed by atoms with E-state index in [0.717, 1.165) is 0 Å². The van der Waals surface area contributed by atoms with Crippen molar-refractivity contribution in [2.75, 3.05) is 31.9 Å². The second-order valence-electron chi connectivity index (χ2n) is 3.70. The smallest absolute Gasteiger partial charge is 0.0670 e. The highest BCUT2D eigenvalue weighted by Gasteiger charge is 2.36. The number of piperidine rings is 1. The number of rotatable bonds is 1. The Hall–Kier alpha value is 0.270. The molecule has 0 aromatic heterocycles. The van der Waals surface area contributed by atoms with Gasteiger partial charge in [0.15, 0.2) is 0 Å². The minimum absolute atomic E-state index is 0.478. The van der Waals surface area contributed by atoms with E-state index in [4.69, 9.17) is 0 Å². The van der Waals surface area contributed by atoms with E-state index in [1.54, 1.807) is 0 Å². The van der Waals surface area contributed by atoms with Gasteiger partial charge in [0.25, 0.3) is 0 Å². The first-order chi connectivity index (χ1) is 5.85. The van der Waals surface area contributed by atoms with Crippen LogP contribution in [0.4, 0.5) is 0 Å². The van der Waals surface area contributed by atoms with Crippen molar-refractivity contribution in [2.24, 2.45) is 0 Å². The van der Waals surface area contributed by atoms with E-state index in [0.29, 0.717) is 4.87 Å². The number of hydrogen-bond acceptors (Lipinski definition) is 3. The fourth-order valence-electron chi connectivity index (χ4n) is 2.13. The molecule has 1 spiro atoms. The molecule has 0 saturated carbocycles. The van der Waals surface area contributed by atoms with Crippen LogP contribution in [0, 0.1) is 0 Å². The van der Waals surface area contributed by atoms with Crippen LogP contribution in [0.25, 0.3) is 0 Å². The molecule has 0 amide bonds. The van der Waals surface area contributed by atoms with Crippen molar-refractivity contribution in [3.8, 4) is 0 Å². The summed E-state index contributed by atoms with van der Waals surface area (Å²) in [5.41, 5.74) is 0. The number of likely N-dealkylation sites (tertiary alicyclic amines) is 1. The second kappa shape index (κ2) is 3.56. The van der Waals surface area contributed by atoms with Crippen molar-refractivity contribution in [3.63, 3.8) is 0 Å². The van der Waals surface area contributed by atoms with Gasteiger partial charge in [-0.1, -0.05) is 6.92 Å². The standard InChI is InChI=1S/C9H18N2S/c1-2-11-6-3-9(4-7-11)10-5-8-12-9/h10H,2-8H2,1H3. The summed E-state index contributed by atoms with van der Waals surface area (Å²) in [6, 6.07) is 0. The van der Waals surface area contributed by atoms with E-state index in [1.165, 1.54) is 44.8 Å². The molecule has 12 heavy (non-hydrogen) atoms. The molecule has 2 rings (SSSR count). The average Bonchev–Trinajstić information content (AvgIpc) is 2.55. The van der Waals surface area contributed by atoms with Gasteiger partial charge in [0.05, 0.1) is 4.87 Å². The van der Waals surface area contributed by atoms with Gasteiger partial charge in [0.1, 0.15) is 0 Å². The summed E-state index contributed by atoms with van der Waals surface area (Å²) in [5.74, 6) is 1.31. The lowest BCUT2D eigenvalue weighted by atomic mass is 10.0. The van der Waals surface area contributed by atoms with Gasteiger partial charge in [0, 0.05) is 25.4 Å². The van der Waals surface area contributed by atoms with Crippen molar-refractivity contribution in [1.82, 2.24) is 10.2 Å². The van der Waals surface area contributed by atoms with Crippen molar-refractivity contribution in [3.05, 3.63) is 0 Å². The Bertz CT molecular complexity index is 145. The van der Waals surface area contributed by atoms with Crippen LogP contribution in [-0.4, -0.2) is 41.7 Å². The Morgan fingerprint density at radius 1 is 1.42 bits per heavy atom. The van der Waals surface area contributed by atoms with Gasteiger partial charge in [-0.2, -0.15) is 0 Å². The first-order valence-corrected chi connectivity index (χ1v) is 5.94. The van der Waals surface area contributed by atoms with E-state index in [9.17, 15) is 0 Å². The fourth-order valence-corrected chi connectivity index (χ4v) is 3.40. The minimum atomic E-state index is 0.478. The van der Waals surface area contributed by atoms with Gasteiger partial charge in [-0.05, 0) is 19.4 Å². The third kappa shape index (κ3) is 1.63. The van der Waals surface area contributed by atoms with Crippen LogP contribution in [0.2, 0.25) is 0 Å². The first kappa shape index (κ1) is 8.85. The predicted molar refractivity (Wildman–Crippen MR) is 54.5 cm³/mol. The van der Waals surface area contributed by atoms with Gasteiger partial charge in [-0.25, -0.2) is 0 Å². The predicted octanol–water partition coefficient (Wildman–Crippen LogP) is 1.13. The summed E-state index contributed by atoms with van der Waals surface area (Å²) >= 11 is 2.14. The molecule has 0 radical (unpaired) electrons. The highest BCUT2D eigenvalue weighted by atomic mass is 32.2. The maximum absolute atomic E-state index is 3.65. The third-order valence-electron chi connectivity index (χ3n) is 3.04. The lowest BCUT2D eigenvalue weighted by Gasteiger charge is -2.38. The zero-order chi connectivity index (χ0) is 8.44. The molecule has 2 heterocycles. The Morgan fingerprint density at radius 2 is 2.17 bits per heavy atom. The second-order valence-corrected chi connectivity index (χ2v) is 5.18. The Kier molecular flexibility index (Phi) is 2.63. The molecular weight excluding hydrogens is 168 g/mol. The molecule has 0 aromatic carbocycles. The topological polar surface area (TPSA) is 15.3 Å². The van der Waals surface area contributed by atoms with Gasteiger partial charge >= 0.3 is 0 Å². The highest BCUT2D eigenvalue weighted by Crippen LogP contribution is 2.36. The van der Waals surface area contributed by atoms with Crippen molar-refractivity contribution in [1.29, 1.82) is 0 Å². The Morgan fingerprint density at radius 3 is 2.67 bits per heavy atom. The fraction of sp³-hybridized carbons (Fsp3) is 1.00. The van der Waals surface area contributed by atoms with Crippen molar-refractivity contribution >= 4 is 11.8 Å². The van der Waals surface area contributed by atoms with Crippen LogP contribution in [0.15, 0.2) is 0 Å². The zero-order valence-electron chi connectivity index (χ0n) is 7.81. The van der Waals surface area contributed by atoms with Crippen LogP contribution >= 0.6 is 11.8 Å². The van der Waals surface area contributed by atoms with E-state index < -0.39 is 0 Å². The van der Waals surface area contributed by atoms with Crippen LogP contribution in [-0.2, 0) is 0 Å². The molecule has 1 N–H and O–H groups in total. The molecule has 2 saturated heterocycles. The molecule has 2 aliphatic rings. The van der Waals surface area contributed by atoms with Crippen molar-refractivity contribution in [2.45, 2.75) is 24.6 Å². The Labute approximate surface area is 79.1 Å². The molecule has 3 heteroatoms. The summed E-state index contributed by atoms with van der Waals surface area (Å²) in [6.45, 7) is 7.28. The summed E-state index contributed by atoms with van der Waals surface area (Å²) in [5, 5.41) is 3.65. The molecule has 2 fully saturated rings. The number of nitrogens with one attached hydrogen (secondary N) is 1. The largest absolute Gasteiger partial charge is 0.303 e. The first-order valence-electron chi connectivity index (χ1n) is 4.96. The maximum atomic E-state index is 3.65. The molecule has 70 valence electrons. The van der Waals surface area contributed by atoms with Crippen LogP contribution in [0.1, 0.15) is 19.8 Å². The zero-order valence-corrected chi connectivity index (χ0v) is 8.62. The normalized spacial score (nSPS) is 29.8. The minimum Gasteiger partial charge on any atom is -0.303 e. The molecule has 0 unspecified atom stereocenters. The molecule has 0 aliphatic carbocycles. The lowest BCUT2D eigenvalue weighted by molar-refractivity contribution is 0.197. The van der Waals surface area contributed by atoms with Crippen LogP contribution in [0.3, 0.4) is 0 Å². The van der Waals surface area contributed by atoms with Gasteiger partial charge in [0.2, 0.25) is 0 Å². The summed E-state index contributed by atoms with van der Waals surface area (Å²) in [6.07, 6.45) is 2.68. The maximum Gasteiger partial charge on any atom is 0.0670 e. The number of hydrogen-bond donors (Lipinski definition) is 1. The van der Waals surface area contributed by atoms with Crippen LogP contribution < -0.4 is 5.32 Å². The van der Waals surface area contributed by atoms with E-state index in [2.05, 4.69) is 28.9 Å². The third-order valence-corrected chi connectivity index (χ3v) is 4.55. The number of thioether (sulfide) groups is 1. The van der Waals surface area contributed by atoms with E-state index >= 15 is 0 Å². The molecule has 0 bridgehead atoms. The number of nitrogens with zero attached hydrogens (tertiary/aromatic N) is 1. The van der Waals surface area contributed by atoms with Crippen LogP contribution in [0.5, 0.6) is 0 Å². The average molecular weight is 186 g/mol. The lowest BCUT2D eigenvalue weighted by Crippen LogP contribution is -2.48. The quantitative estimate of drug-likeness (QED) is 0.661. The molecule has 2 nitrogen and oxygen atoms in total. The SMILES string of the molecule is CCN1CCC2(CC1)NCCS2. The van der Waals surface area contributed by atoms with E-state index in [1.807, 2.05) is 0 Å². The van der Waals surface area contributed by atoms with E-state index in [-0.39, 0.29) is 0 Å². The molecule has 2 aliphatic heterocycles. The monoisotopic (exact) mass is 186 g/mol. The summed E-state index contributed by atoms with van der Waals surface area (Å²) < 4.78 is 0. The Balaban J connectivity index is 1.88. The highest BCUT2D eigenvalue weighted by molar-refractivity contribution is 8.00. The van der Waals surface area contributed by atoms with Crippen molar-refractivity contribution < 1.29 is 0 Å². The summed E-state index contributed by atoms with van der Waals surface area (Å²) in [4.78, 5) is 3.03. The van der Waals surface area contributed by atoms with Gasteiger partial charge in [-0.15, -0.1) is 11.8 Å². The van der Waals surface area contributed by atoms with Gasteiger partial charge in [-0.3, -0.25) is 0 Å². The molecular formula is C9H18N2S. The molecule has 0 aromatic rings. The van der Waals surface area contributed by atoms with Gasteiger partial charge < -0.3 is 10.2 Å². The summed E-state index contributed by atoms with van der Waals surface area (Å²) in [7, 11) is 0. The molecule has 0 atom stereocenters.